The zero-order valence-corrected chi connectivity index (χ0v) is 15.9. The maximum atomic E-state index is 13.6. The Bertz CT molecular complexity index is 1050. The molecule has 5 rings (SSSR count). The lowest BCUT2D eigenvalue weighted by Crippen LogP contribution is -2.38. The Labute approximate surface area is 162 Å². The second-order valence-corrected chi connectivity index (χ2v) is 7.51. The number of hydrogen-bond acceptors (Lipinski definition) is 6. The van der Waals surface area contributed by atoms with Crippen molar-refractivity contribution in [3.8, 4) is 17.1 Å². The summed E-state index contributed by atoms with van der Waals surface area (Å²) in [6.07, 6.45) is 1.67. The highest BCUT2D eigenvalue weighted by atomic mass is 19.1. The second-order valence-electron chi connectivity index (χ2n) is 7.51. The van der Waals surface area contributed by atoms with Gasteiger partial charge in [0.2, 0.25) is 5.88 Å². The van der Waals surface area contributed by atoms with Crippen molar-refractivity contribution >= 4 is 0 Å². The van der Waals surface area contributed by atoms with Gasteiger partial charge in [0.25, 0.3) is 0 Å². The van der Waals surface area contributed by atoms with Crippen LogP contribution in [0.15, 0.2) is 28.8 Å². The highest BCUT2D eigenvalue weighted by molar-refractivity contribution is 5.63. The van der Waals surface area contributed by atoms with Crippen LogP contribution in [0.25, 0.3) is 11.3 Å². The van der Waals surface area contributed by atoms with Crippen molar-refractivity contribution in [2.45, 2.75) is 39.3 Å². The fraction of sp³-hybridized carbons (Fsp3) is 0.381. The highest BCUT2D eigenvalue weighted by Gasteiger charge is 2.31. The quantitative estimate of drug-likeness (QED) is 0.695. The summed E-state index contributed by atoms with van der Waals surface area (Å²) in [7, 11) is 0. The van der Waals surface area contributed by atoms with Gasteiger partial charge in [-0.05, 0) is 26.0 Å². The average Bonchev–Trinajstić information content (AvgIpc) is 3.25. The number of fused-ring (bicyclic) bond motifs is 2. The van der Waals surface area contributed by atoms with Crippen LogP contribution in [0.5, 0.6) is 5.88 Å². The minimum Gasteiger partial charge on any atom is -0.472 e. The Morgan fingerprint density at radius 2 is 2.11 bits per heavy atom. The van der Waals surface area contributed by atoms with Crippen LogP contribution in [0.2, 0.25) is 0 Å². The van der Waals surface area contributed by atoms with Gasteiger partial charge in [0.05, 0.1) is 0 Å². The van der Waals surface area contributed by atoms with Gasteiger partial charge in [0.1, 0.15) is 29.2 Å². The molecule has 1 aromatic carbocycles. The van der Waals surface area contributed by atoms with Crippen molar-refractivity contribution in [1.82, 2.24) is 20.0 Å². The number of benzene rings is 1. The molecule has 6 nitrogen and oxygen atoms in total. The minimum absolute atomic E-state index is 0.0591. The van der Waals surface area contributed by atoms with Gasteiger partial charge in [0.15, 0.2) is 0 Å². The lowest BCUT2D eigenvalue weighted by Gasteiger charge is -2.28. The predicted molar refractivity (Wildman–Crippen MR) is 101 cm³/mol. The van der Waals surface area contributed by atoms with Crippen LogP contribution in [0.1, 0.15) is 28.4 Å². The van der Waals surface area contributed by atoms with Crippen molar-refractivity contribution in [3.05, 3.63) is 58.5 Å². The topological polar surface area (TPSA) is 64.3 Å². The lowest BCUT2D eigenvalue weighted by atomic mass is 10.0. The first-order valence-corrected chi connectivity index (χ1v) is 9.53. The Hall–Kier alpha value is -2.80. The van der Waals surface area contributed by atoms with Crippen molar-refractivity contribution in [3.63, 3.8) is 0 Å². The first-order valence-electron chi connectivity index (χ1n) is 9.53. The second kappa shape index (κ2) is 6.67. The Morgan fingerprint density at radius 1 is 1.21 bits per heavy atom. The molecular weight excluding hydrogens is 359 g/mol. The third-order valence-electron chi connectivity index (χ3n) is 5.46. The molecule has 7 heteroatoms. The molecule has 1 unspecified atom stereocenters. The predicted octanol–water partition coefficient (Wildman–Crippen LogP) is 3.25. The van der Waals surface area contributed by atoms with Crippen LogP contribution >= 0.6 is 0 Å². The fourth-order valence-electron chi connectivity index (χ4n) is 4.14. The molecule has 2 aliphatic heterocycles. The van der Waals surface area contributed by atoms with Crippen molar-refractivity contribution in [1.29, 1.82) is 0 Å². The van der Waals surface area contributed by atoms with Crippen molar-refractivity contribution in [2.75, 3.05) is 13.1 Å². The summed E-state index contributed by atoms with van der Waals surface area (Å²) in [4.78, 5) is 11.2. The zero-order chi connectivity index (χ0) is 19.3. The van der Waals surface area contributed by atoms with Crippen molar-refractivity contribution < 1.29 is 13.7 Å². The Morgan fingerprint density at radius 3 is 2.96 bits per heavy atom. The maximum Gasteiger partial charge on any atom is 0.220 e. The standard InChI is InChI=1S/C21H21FN4O2/c1-12-17-9-16(27-21(17)24-13(2)23-12)10-26-7-6-19-18(11-26)20(25-28-19)14-4-3-5-15(22)8-14/h3-5,8,16H,6-7,9-11H2,1-2H3. The number of nitrogens with zero attached hydrogens (tertiary/aromatic N) is 4. The molecule has 0 aliphatic carbocycles. The number of halogens is 1. The normalized spacial score (nSPS) is 18.6. The molecule has 0 saturated heterocycles. The summed E-state index contributed by atoms with van der Waals surface area (Å²) in [5.74, 6) is 2.08. The van der Waals surface area contributed by atoms with Crippen LogP contribution in [0.3, 0.4) is 0 Å². The summed E-state index contributed by atoms with van der Waals surface area (Å²) in [5, 5.41) is 4.21. The van der Waals surface area contributed by atoms with Gasteiger partial charge in [0, 0.05) is 54.9 Å². The first-order chi connectivity index (χ1) is 13.6. The SMILES string of the molecule is Cc1nc(C)c2c(n1)OC(CN1CCc3onc(-c4cccc(F)c4)c3C1)C2. The molecule has 144 valence electrons. The van der Waals surface area contributed by atoms with E-state index in [1.54, 1.807) is 6.07 Å². The van der Waals surface area contributed by atoms with Crippen LogP contribution in [-0.2, 0) is 19.4 Å². The largest absolute Gasteiger partial charge is 0.472 e. The summed E-state index contributed by atoms with van der Waals surface area (Å²) < 4.78 is 25.3. The van der Waals surface area contributed by atoms with E-state index in [9.17, 15) is 4.39 Å². The van der Waals surface area contributed by atoms with Crippen LogP contribution in [-0.4, -0.2) is 39.2 Å². The summed E-state index contributed by atoms with van der Waals surface area (Å²) in [6.45, 7) is 6.28. The van der Waals surface area contributed by atoms with Gasteiger partial charge < -0.3 is 9.26 Å². The maximum absolute atomic E-state index is 13.6. The van der Waals surface area contributed by atoms with E-state index in [0.29, 0.717) is 6.54 Å². The van der Waals surface area contributed by atoms with E-state index in [1.807, 2.05) is 19.9 Å². The number of aryl methyl sites for hydroxylation is 2. The van der Waals surface area contributed by atoms with Crippen LogP contribution < -0.4 is 4.74 Å². The van der Waals surface area contributed by atoms with Crippen molar-refractivity contribution in [2.24, 2.45) is 0 Å². The number of aromatic nitrogens is 3. The number of ether oxygens (including phenoxy) is 1. The zero-order valence-electron chi connectivity index (χ0n) is 15.9. The molecular formula is C21H21FN4O2. The first kappa shape index (κ1) is 17.3. The van der Waals surface area contributed by atoms with E-state index in [4.69, 9.17) is 9.26 Å². The summed E-state index contributed by atoms with van der Waals surface area (Å²) in [5.41, 5.74) is 4.63. The molecule has 0 radical (unpaired) electrons. The molecule has 2 aliphatic rings. The molecule has 2 aromatic heterocycles. The average molecular weight is 380 g/mol. The molecule has 0 saturated carbocycles. The van der Waals surface area contributed by atoms with E-state index in [1.165, 1.54) is 12.1 Å². The van der Waals surface area contributed by atoms with Gasteiger partial charge in [-0.1, -0.05) is 17.3 Å². The smallest absolute Gasteiger partial charge is 0.220 e. The molecule has 4 heterocycles. The van der Waals surface area contributed by atoms with E-state index < -0.39 is 0 Å². The molecule has 0 fully saturated rings. The lowest BCUT2D eigenvalue weighted by molar-refractivity contribution is 0.134. The summed E-state index contributed by atoms with van der Waals surface area (Å²) >= 11 is 0. The summed E-state index contributed by atoms with van der Waals surface area (Å²) in [6, 6.07) is 6.49. The van der Waals surface area contributed by atoms with E-state index in [-0.39, 0.29) is 11.9 Å². The van der Waals surface area contributed by atoms with E-state index >= 15 is 0 Å². The van der Waals surface area contributed by atoms with Gasteiger partial charge >= 0.3 is 0 Å². The molecule has 0 N–H and O–H groups in total. The van der Waals surface area contributed by atoms with Crippen LogP contribution in [0, 0.1) is 19.7 Å². The van der Waals surface area contributed by atoms with Gasteiger partial charge in [-0.25, -0.2) is 9.37 Å². The third-order valence-corrected chi connectivity index (χ3v) is 5.46. The van der Waals surface area contributed by atoms with E-state index in [2.05, 4.69) is 20.0 Å². The number of hydrogen-bond donors (Lipinski definition) is 0. The molecule has 0 bridgehead atoms. The molecule has 1 atom stereocenters. The fourth-order valence-corrected chi connectivity index (χ4v) is 4.14. The van der Waals surface area contributed by atoms with Gasteiger partial charge in [-0.15, -0.1) is 0 Å². The van der Waals surface area contributed by atoms with Crippen LogP contribution in [0.4, 0.5) is 4.39 Å². The monoisotopic (exact) mass is 380 g/mol. The van der Waals surface area contributed by atoms with Gasteiger partial charge in [-0.2, -0.15) is 4.98 Å². The van der Waals surface area contributed by atoms with E-state index in [0.717, 1.165) is 71.5 Å². The molecule has 28 heavy (non-hydrogen) atoms. The minimum atomic E-state index is -0.272. The third kappa shape index (κ3) is 3.05. The number of rotatable bonds is 3. The molecule has 3 aromatic rings. The molecule has 0 spiro atoms. The highest BCUT2D eigenvalue weighted by Crippen LogP contribution is 2.32. The Balaban J connectivity index is 1.33. The molecule has 0 amide bonds. The Kier molecular flexibility index (Phi) is 4.12. The van der Waals surface area contributed by atoms with Gasteiger partial charge in [-0.3, -0.25) is 4.90 Å².